The van der Waals surface area contributed by atoms with Crippen molar-refractivity contribution < 1.29 is 28.8 Å². The Morgan fingerprint density at radius 3 is 1.02 bits per heavy atom. The third-order valence-electron chi connectivity index (χ3n) is 9.70. The van der Waals surface area contributed by atoms with Gasteiger partial charge in [-0.1, -0.05) is 32.1 Å². The molecule has 0 unspecified atom stereocenters. The van der Waals surface area contributed by atoms with Crippen LogP contribution in [0.5, 0.6) is 0 Å². The first kappa shape index (κ1) is 52.6. The number of nitrogens with two attached hydrogens (primary N) is 2. The van der Waals surface area contributed by atoms with E-state index in [1.807, 2.05) is 0 Å². The lowest BCUT2D eigenvalue weighted by Crippen LogP contribution is -2.28. The predicted octanol–water partition coefficient (Wildman–Crippen LogP) is 4.59. The summed E-state index contributed by atoms with van der Waals surface area (Å²) in [5, 5.41) is 31.2. The smallest absolute Gasteiger partial charge is 0.272 e. The molecular formula is C41H60Cl2N14O6. The Morgan fingerprint density at radius 2 is 0.714 bits per heavy atom. The van der Waals surface area contributed by atoms with Crippen LogP contribution < -0.4 is 43.4 Å². The standard InChI is InChI=1S/C41H58N14O6.2ClH/c1-52-24-28(20-30(52)38(58)46-16-14-34(42)43)50-40(60)32-18-26(22-54(32)3)48-36(56)12-10-8-6-5-7-9-11-13-37(57)49-27-19-33(55(4)23-27)41(61)51-29-21-31(53(2)25-29)39(59)47-17-15-35(44)45;;/h18-25H,5-17H2,1-4H3,(H3,42,43)(H3,44,45)(H,46,58)(H,47,59)(H,48,56)(H,49,57)(H,50,60)(H,51,61);2*1H. The van der Waals surface area contributed by atoms with Crippen LogP contribution in [0.3, 0.4) is 0 Å². The number of nitrogens with one attached hydrogen (secondary N) is 8. The van der Waals surface area contributed by atoms with E-state index in [9.17, 15) is 28.8 Å². The van der Waals surface area contributed by atoms with Crippen LogP contribution in [0.1, 0.15) is 113 Å². The number of anilines is 4. The summed E-state index contributed by atoms with van der Waals surface area (Å²) < 4.78 is 6.40. The van der Waals surface area contributed by atoms with E-state index in [2.05, 4.69) is 31.9 Å². The average molecular weight is 916 g/mol. The van der Waals surface area contributed by atoms with Gasteiger partial charge in [0.2, 0.25) is 11.8 Å². The van der Waals surface area contributed by atoms with E-state index >= 15 is 0 Å². The Hall–Kier alpha value is -6.54. The summed E-state index contributed by atoms with van der Waals surface area (Å²) in [5.41, 5.74) is 13.9. The Morgan fingerprint density at radius 1 is 0.444 bits per heavy atom. The van der Waals surface area contributed by atoms with Crippen LogP contribution >= 0.6 is 24.8 Å². The van der Waals surface area contributed by atoms with E-state index in [4.69, 9.17) is 22.3 Å². The van der Waals surface area contributed by atoms with Crippen LogP contribution in [-0.4, -0.2) is 78.5 Å². The quantitative estimate of drug-likeness (QED) is 0.0269. The SMILES string of the molecule is Cl.Cl.Cn1cc(NC(=O)c2cc(NC(=O)CCCCCCCCCC(=O)Nc3cc(C(=O)Nc4cc(C(=O)NCCC(=N)N)n(C)c4)n(C)c3)cn2C)cc1C(=O)NCCC(=N)N. The molecular weight excluding hydrogens is 855 g/mol. The number of halogens is 2. The van der Waals surface area contributed by atoms with Crippen molar-refractivity contribution in [2.24, 2.45) is 39.7 Å². The van der Waals surface area contributed by atoms with Gasteiger partial charge in [-0.2, -0.15) is 0 Å². The van der Waals surface area contributed by atoms with Gasteiger partial charge in [0.05, 0.1) is 34.4 Å². The highest BCUT2D eigenvalue weighted by molar-refractivity contribution is 6.06. The normalized spacial score (nSPS) is 10.5. The molecule has 0 radical (unpaired) electrons. The molecule has 0 fully saturated rings. The highest BCUT2D eigenvalue weighted by atomic mass is 35.5. The molecule has 4 rings (SSSR count). The van der Waals surface area contributed by atoms with E-state index < -0.39 is 11.8 Å². The van der Waals surface area contributed by atoms with Gasteiger partial charge in [-0.15, -0.1) is 24.8 Å². The molecule has 12 N–H and O–H groups in total. The molecule has 0 aliphatic carbocycles. The van der Waals surface area contributed by atoms with Gasteiger partial charge in [0.15, 0.2) is 0 Å². The second-order valence-corrected chi connectivity index (χ2v) is 14.9. The second-order valence-electron chi connectivity index (χ2n) is 14.9. The van der Waals surface area contributed by atoms with Gasteiger partial charge in [-0.25, -0.2) is 0 Å². The van der Waals surface area contributed by atoms with Crippen molar-refractivity contribution in [3.63, 3.8) is 0 Å². The van der Waals surface area contributed by atoms with Gasteiger partial charge in [0.25, 0.3) is 23.6 Å². The fourth-order valence-electron chi connectivity index (χ4n) is 6.53. The third-order valence-corrected chi connectivity index (χ3v) is 9.70. The van der Waals surface area contributed by atoms with Gasteiger partial charge >= 0.3 is 0 Å². The lowest BCUT2D eigenvalue weighted by molar-refractivity contribution is -0.117. The molecule has 344 valence electrons. The summed E-state index contributed by atoms with van der Waals surface area (Å²) in [7, 11) is 6.77. The van der Waals surface area contributed by atoms with Crippen molar-refractivity contribution in [3.05, 3.63) is 71.8 Å². The summed E-state index contributed by atoms with van der Waals surface area (Å²) in [6.07, 6.45) is 13.8. The lowest BCUT2D eigenvalue weighted by Gasteiger charge is -2.04. The van der Waals surface area contributed by atoms with Crippen LogP contribution in [0.4, 0.5) is 22.7 Å². The zero-order chi connectivity index (χ0) is 44.6. The molecule has 0 aliphatic heterocycles. The average Bonchev–Trinajstić information content (AvgIpc) is 3.94. The molecule has 0 aliphatic rings. The van der Waals surface area contributed by atoms with Gasteiger partial charge < -0.3 is 61.6 Å². The minimum Gasteiger partial charge on any atom is -0.388 e. The molecule has 4 aromatic heterocycles. The minimum absolute atomic E-state index is 0. The number of nitrogens with zero attached hydrogens (tertiary/aromatic N) is 4. The molecule has 22 heteroatoms. The maximum atomic E-state index is 13.0. The first-order chi connectivity index (χ1) is 29.0. The van der Waals surface area contributed by atoms with Gasteiger partial charge in [-0.3, -0.25) is 39.6 Å². The Balaban J connectivity index is 0.00000683. The van der Waals surface area contributed by atoms with Gasteiger partial charge in [0.1, 0.15) is 22.8 Å². The van der Waals surface area contributed by atoms with Crippen LogP contribution in [0, 0.1) is 10.8 Å². The summed E-state index contributed by atoms with van der Waals surface area (Å²) >= 11 is 0. The lowest BCUT2D eigenvalue weighted by atomic mass is 10.1. The van der Waals surface area contributed by atoms with Gasteiger partial charge in [0, 0.05) is 91.8 Å². The number of amides is 6. The number of aryl methyl sites for hydroxylation is 4. The van der Waals surface area contributed by atoms with Crippen LogP contribution in [0.2, 0.25) is 0 Å². The Bertz CT molecular complexity index is 2100. The number of rotatable bonds is 24. The van der Waals surface area contributed by atoms with E-state index in [-0.39, 0.29) is 86.0 Å². The largest absolute Gasteiger partial charge is 0.388 e. The number of hydrogen-bond donors (Lipinski definition) is 10. The summed E-state index contributed by atoms with van der Waals surface area (Å²) in [6, 6.07) is 6.29. The van der Waals surface area contributed by atoms with Gasteiger partial charge in [-0.05, 0) is 37.1 Å². The number of aromatic nitrogens is 4. The van der Waals surface area contributed by atoms with Crippen LogP contribution in [0.15, 0.2) is 49.1 Å². The fourth-order valence-corrected chi connectivity index (χ4v) is 6.53. The number of amidine groups is 2. The summed E-state index contributed by atoms with van der Waals surface area (Å²) in [6.45, 7) is 0.455. The number of carbonyl (C=O) groups excluding carboxylic acids is 6. The third kappa shape index (κ3) is 16.7. The molecule has 6 amide bonds. The molecule has 4 aromatic rings. The minimum atomic E-state index is -0.404. The second kappa shape index (κ2) is 25.4. The topological polar surface area (TPSA) is 294 Å². The van der Waals surface area contributed by atoms with E-state index in [0.717, 1.165) is 44.9 Å². The maximum absolute atomic E-state index is 13.0. The van der Waals surface area contributed by atoms with Crippen molar-refractivity contribution >= 4 is 94.7 Å². The first-order valence-corrected chi connectivity index (χ1v) is 20.1. The van der Waals surface area contributed by atoms with Crippen molar-refractivity contribution in [2.75, 3.05) is 34.4 Å². The Kier molecular flexibility index (Phi) is 21.2. The molecule has 0 bridgehead atoms. The van der Waals surface area contributed by atoms with Crippen molar-refractivity contribution in [1.29, 1.82) is 10.8 Å². The molecule has 0 spiro atoms. The molecule has 0 aromatic carbocycles. The van der Waals surface area contributed by atoms with E-state index in [1.165, 1.54) is 0 Å². The predicted molar refractivity (Wildman–Crippen MR) is 249 cm³/mol. The fraction of sp³-hybridized carbons (Fsp3) is 0.415. The molecule has 63 heavy (non-hydrogen) atoms. The molecule has 0 saturated carbocycles. The zero-order valence-electron chi connectivity index (χ0n) is 36.0. The number of carbonyl (C=O) groups is 6. The van der Waals surface area contributed by atoms with Crippen LogP contribution in [0.25, 0.3) is 0 Å². The van der Waals surface area contributed by atoms with Crippen molar-refractivity contribution in [3.8, 4) is 0 Å². The molecule has 0 atom stereocenters. The zero-order valence-corrected chi connectivity index (χ0v) is 37.7. The first-order valence-electron chi connectivity index (χ1n) is 20.1. The molecule has 20 nitrogen and oxygen atoms in total. The molecule has 4 heterocycles. The Labute approximate surface area is 378 Å². The highest BCUT2D eigenvalue weighted by Crippen LogP contribution is 2.20. The molecule has 0 saturated heterocycles. The van der Waals surface area contributed by atoms with Crippen LogP contribution in [-0.2, 0) is 37.8 Å². The van der Waals surface area contributed by atoms with Crippen molar-refractivity contribution in [1.82, 2.24) is 28.9 Å². The summed E-state index contributed by atoms with van der Waals surface area (Å²) in [5.74, 6) is -1.86. The van der Waals surface area contributed by atoms with E-state index in [1.54, 1.807) is 95.5 Å². The maximum Gasteiger partial charge on any atom is 0.272 e. The summed E-state index contributed by atoms with van der Waals surface area (Å²) in [4.78, 5) is 76.2. The number of unbranched alkanes of at least 4 members (excludes halogenated alkanes) is 6. The number of hydrogen-bond acceptors (Lipinski definition) is 8. The highest BCUT2D eigenvalue weighted by Gasteiger charge is 2.19. The van der Waals surface area contributed by atoms with Crippen molar-refractivity contribution in [2.45, 2.75) is 70.6 Å². The monoisotopic (exact) mass is 914 g/mol. The van der Waals surface area contributed by atoms with E-state index in [0.29, 0.717) is 58.4 Å².